The molecule has 1 aromatic heterocycles. The molecule has 2 N–H and O–H groups in total. The van der Waals surface area contributed by atoms with Crippen LogP contribution in [0.4, 0.5) is 11.5 Å². The Morgan fingerprint density at radius 1 is 1.25 bits per heavy atom. The highest BCUT2D eigenvalue weighted by Gasteiger charge is 2.11. The van der Waals surface area contributed by atoms with Crippen molar-refractivity contribution in [3.63, 3.8) is 0 Å². The van der Waals surface area contributed by atoms with Crippen molar-refractivity contribution in [2.24, 2.45) is 0 Å². The summed E-state index contributed by atoms with van der Waals surface area (Å²) in [5.74, 6) is 0.949. The van der Waals surface area contributed by atoms with Gasteiger partial charge in [0.05, 0.1) is 16.4 Å². The van der Waals surface area contributed by atoms with Crippen LogP contribution in [0.25, 0.3) is 0 Å². The van der Waals surface area contributed by atoms with Crippen molar-refractivity contribution in [2.45, 2.75) is 19.8 Å². The van der Waals surface area contributed by atoms with E-state index in [1.807, 2.05) is 13.0 Å². The van der Waals surface area contributed by atoms with Crippen molar-refractivity contribution in [1.82, 2.24) is 4.98 Å². The molecule has 1 aromatic carbocycles. The van der Waals surface area contributed by atoms with Crippen LogP contribution in [0.15, 0.2) is 41.0 Å². The molecule has 2 rings (SSSR count). The van der Waals surface area contributed by atoms with Crippen LogP contribution in [0.2, 0.25) is 0 Å². The Morgan fingerprint density at radius 3 is 2.65 bits per heavy atom. The first kappa shape index (κ1) is 14.9. The Morgan fingerprint density at radius 2 is 1.95 bits per heavy atom. The molecule has 0 radical (unpaired) electrons. The molecule has 0 bridgehead atoms. The number of aryl methyl sites for hydroxylation is 1. The molecule has 4 heteroatoms. The molecule has 0 saturated carbocycles. The summed E-state index contributed by atoms with van der Waals surface area (Å²) in [5.41, 5.74) is 9.00. The summed E-state index contributed by atoms with van der Waals surface area (Å²) < 4.78 is 0.986. The van der Waals surface area contributed by atoms with E-state index >= 15 is 0 Å². The molecule has 2 aromatic rings. The number of nitrogen functional groups attached to an aromatic ring is 1. The molecule has 3 nitrogen and oxygen atoms in total. The number of anilines is 2. The second-order valence-electron chi connectivity index (χ2n) is 4.99. The van der Waals surface area contributed by atoms with E-state index in [1.165, 1.54) is 5.56 Å². The SMILES string of the molecule is Cc1c(N)cnc(N(C)CCCc2ccccc2)c1Br. The van der Waals surface area contributed by atoms with E-state index in [9.17, 15) is 0 Å². The van der Waals surface area contributed by atoms with Crippen molar-refractivity contribution in [2.75, 3.05) is 24.2 Å². The third-order valence-electron chi connectivity index (χ3n) is 3.45. The highest BCUT2D eigenvalue weighted by molar-refractivity contribution is 9.10. The van der Waals surface area contributed by atoms with Gasteiger partial charge in [-0.15, -0.1) is 0 Å². The summed E-state index contributed by atoms with van der Waals surface area (Å²) in [7, 11) is 2.06. The van der Waals surface area contributed by atoms with Crippen LogP contribution in [-0.4, -0.2) is 18.6 Å². The fraction of sp³-hybridized carbons (Fsp3) is 0.312. The Bertz CT molecular complexity index is 569. The summed E-state index contributed by atoms with van der Waals surface area (Å²) in [6.07, 6.45) is 3.90. The van der Waals surface area contributed by atoms with Crippen LogP contribution in [0, 0.1) is 6.92 Å². The van der Waals surface area contributed by atoms with Gasteiger partial charge in [-0.1, -0.05) is 30.3 Å². The minimum absolute atomic E-state index is 0.721. The van der Waals surface area contributed by atoms with E-state index in [1.54, 1.807) is 6.20 Å². The Hall–Kier alpha value is -1.55. The lowest BCUT2D eigenvalue weighted by molar-refractivity contribution is 0.775. The zero-order chi connectivity index (χ0) is 14.5. The molecule has 0 spiro atoms. The Labute approximate surface area is 129 Å². The van der Waals surface area contributed by atoms with Crippen molar-refractivity contribution < 1.29 is 0 Å². The van der Waals surface area contributed by atoms with Gasteiger partial charge < -0.3 is 10.6 Å². The molecule has 0 amide bonds. The maximum Gasteiger partial charge on any atom is 0.143 e. The van der Waals surface area contributed by atoms with Gasteiger partial charge in [-0.05, 0) is 46.8 Å². The number of benzene rings is 1. The number of rotatable bonds is 5. The lowest BCUT2D eigenvalue weighted by atomic mass is 10.1. The van der Waals surface area contributed by atoms with Gasteiger partial charge in [0.15, 0.2) is 0 Å². The number of nitrogens with two attached hydrogens (primary N) is 1. The highest BCUT2D eigenvalue weighted by Crippen LogP contribution is 2.29. The molecule has 0 aliphatic carbocycles. The van der Waals surface area contributed by atoms with Gasteiger partial charge in [0.25, 0.3) is 0 Å². The summed E-state index contributed by atoms with van der Waals surface area (Å²) in [6, 6.07) is 10.6. The molecule has 0 unspecified atom stereocenters. The van der Waals surface area contributed by atoms with Crippen molar-refractivity contribution in [3.8, 4) is 0 Å². The van der Waals surface area contributed by atoms with E-state index in [4.69, 9.17) is 5.73 Å². The van der Waals surface area contributed by atoms with Crippen LogP contribution in [0.1, 0.15) is 17.5 Å². The van der Waals surface area contributed by atoms with Gasteiger partial charge >= 0.3 is 0 Å². The zero-order valence-corrected chi connectivity index (χ0v) is 13.5. The average molecular weight is 334 g/mol. The topological polar surface area (TPSA) is 42.1 Å². The summed E-state index contributed by atoms with van der Waals surface area (Å²) >= 11 is 3.58. The lowest BCUT2D eigenvalue weighted by Gasteiger charge is -2.20. The van der Waals surface area contributed by atoms with Crippen molar-refractivity contribution in [1.29, 1.82) is 0 Å². The van der Waals surface area contributed by atoms with Gasteiger partial charge in [0.1, 0.15) is 5.82 Å². The summed E-state index contributed by atoms with van der Waals surface area (Å²) in [6.45, 7) is 2.96. The number of pyridine rings is 1. The average Bonchev–Trinajstić information content (AvgIpc) is 2.46. The number of nitrogens with zero attached hydrogens (tertiary/aromatic N) is 2. The summed E-state index contributed by atoms with van der Waals surface area (Å²) in [4.78, 5) is 6.58. The molecular weight excluding hydrogens is 314 g/mol. The number of hydrogen-bond donors (Lipinski definition) is 1. The van der Waals surface area contributed by atoms with Gasteiger partial charge in [-0.25, -0.2) is 4.98 Å². The van der Waals surface area contributed by atoms with Crippen molar-refractivity contribution in [3.05, 3.63) is 52.1 Å². The molecule has 106 valence electrons. The van der Waals surface area contributed by atoms with Gasteiger partial charge in [-0.3, -0.25) is 0 Å². The second kappa shape index (κ2) is 6.75. The molecule has 0 fully saturated rings. The lowest BCUT2D eigenvalue weighted by Crippen LogP contribution is -2.21. The normalized spacial score (nSPS) is 10.6. The highest BCUT2D eigenvalue weighted by atomic mass is 79.9. The number of halogens is 1. The van der Waals surface area contributed by atoms with Gasteiger partial charge in [-0.2, -0.15) is 0 Å². The van der Waals surface area contributed by atoms with Crippen molar-refractivity contribution >= 4 is 27.4 Å². The van der Waals surface area contributed by atoms with Crippen LogP contribution in [0.3, 0.4) is 0 Å². The largest absolute Gasteiger partial charge is 0.397 e. The van der Waals surface area contributed by atoms with E-state index < -0.39 is 0 Å². The third kappa shape index (κ3) is 3.51. The molecule has 0 saturated heterocycles. The molecule has 0 aliphatic heterocycles. The van der Waals surface area contributed by atoms with E-state index in [0.717, 1.165) is 40.9 Å². The van der Waals surface area contributed by atoms with Gasteiger partial charge in [0, 0.05) is 13.6 Å². The number of aromatic nitrogens is 1. The van der Waals surface area contributed by atoms with Crippen LogP contribution < -0.4 is 10.6 Å². The van der Waals surface area contributed by atoms with Crippen LogP contribution in [0.5, 0.6) is 0 Å². The molecule has 0 atom stereocenters. The molecule has 1 heterocycles. The first-order chi connectivity index (χ1) is 9.59. The van der Waals surface area contributed by atoms with E-state index in [2.05, 4.69) is 57.1 Å². The molecular formula is C16H20BrN3. The number of hydrogen-bond acceptors (Lipinski definition) is 3. The van der Waals surface area contributed by atoms with Crippen LogP contribution in [-0.2, 0) is 6.42 Å². The predicted molar refractivity (Wildman–Crippen MR) is 89.1 cm³/mol. The first-order valence-electron chi connectivity index (χ1n) is 6.75. The second-order valence-corrected chi connectivity index (χ2v) is 5.78. The van der Waals surface area contributed by atoms with Crippen LogP contribution >= 0.6 is 15.9 Å². The quantitative estimate of drug-likeness (QED) is 0.904. The standard InChI is InChI=1S/C16H20BrN3/c1-12-14(18)11-19-16(15(12)17)20(2)10-6-9-13-7-4-3-5-8-13/h3-5,7-8,11H,6,9-10,18H2,1-2H3. The Balaban J connectivity index is 1.95. The zero-order valence-electron chi connectivity index (χ0n) is 11.9. The van der Waals surface area contributed by atoms with E-state index in [0.29, 0.717) is 0 Å². The maximum absolute atomic E-state index is 5.85. The minimum Gasteiger partial charge on any atom is -0.397 e. The van der Waals surface area contributed by atoms with Gasteiger partial charge in [0.2, 0.25) is 0 Å². The van der Waals surface area contributed by atoms with E-state index in [-0.39, 0.29) is 0 Å². The molecule has 0 aliphatic rings. The molecule has 20 heavy (non-hydrogen) atoms. The predicted octanol–water partition coefficient (Wildman–Crippen LogP) is 3.80. The fourth-order valence-corrected chi connectivity index (χ4v) is 2.75. The fourth-order valence-electron chi connectivity index (χ4n) is 2.12. The third-order valence-corrected chi connectivity index (χ3v) is 4.40. The maximum atomic E-state index is 5.85. The first-order valence-corrected chi connectivity index (χ1v) is 7.54. The Kier molecular flexibility index (Phi) is 5.01. The summed E-state index contributed by atoms with van der Waals surface area (Å²) in [5, 5.41) is 0. The monoisotopic (exact) mass is 333 g/mol. The minimum atomic E-state index is 0.721. The smallest absolute Gasteiger partial charge is 0.143 e.